The second kappa shape index (κ2) is 3.78. The molecule has 66 valence electrons. The minimum atomic E-state index is -3.24. The normalized spacial score (nSPS) is 26.8. The molecule has 1 unspecified atom stereocenters. The van der Waals surface area contributed by atoms with Crippen LogP contribution in [0.15, 0.2) is 0 Å². The van der Waals surface area contributed by atoms with E-state index in [2.05, 4.69) is 0 Å². The first-order chi connectivity index (χ1) is 5.08. The van der Waals surface area contributed by atoms with E-state index in [1.165, 1.54) is 5.75 Å². The first-order valence-electron chi connectivity index (χ1n) is 3.66. The molecule has 0 amide bonds. The third-order valence-corrected chi connectivity index (χ3v) is 3.94. The number of thioether (sulfide) groups is 1. The lowest BCUT2D eigenvalue weighted by molar-refractivity contribution is 0.545. The second-order valence-electron chi connectivity index (χ2n) is 2.91. The molecule has 3 nitrogen and oxygen atoms in total. The summed E-state index contributed by atoms with van der Waals surface area (Å²) in [6.45, 7) is 0. The summed E-state index contributed by atoms with van der Waals surface area (Å²) < 4.78 is 21.3. The molecule has 1 heterocycles. The van der Waals surface area contributed by atoms with E-state index < -0.39 is 10.0 Å². The van der Waals surface area contributed by atoms with Gasteiger partial charge in [0, 0.05) is 0 Å². The molecule has 0 saturated carbocycles. The van der Waals surface area contributed by atoms with Gasteiger partial charge in [-0.25, -0.2) is 13.6 Å². The molecule has 2 N–H and O–H groups in total. The van der Waals surface area contributed by atoms with E-state index in [0.717, 1.165) is 18.6 Å². The molecule has 1 atom stereocenters. The van der Waals surface area contributed by atoms with Gasteiger partial charge in [0.05, 0.1) is 5.75 Å². The Balaban J connectivity index is 2.36. The van der Waals surface area contributed by atoms with E-state index in [-0.39, 0.29) is 5.75 Å². The van der Waals surface area contributed by atoms with E-state index in [1.54, 1.807) is 0 Å². The van der Waals surface area contributed by atoms with Crippen molar-refractivity contribution in [3.63, 3.8) is 0 Å². The quantitative estimate of drug-likeness (QED) is 0.694. The molecule has 1 aliphatic heterocycles. The predicted octanol–water partition coefficient (Wildman–Crippen LogP) is 0.418. The smallest absolute Gasteiger partial charge is 0.209 e. The van der Waals surface area contributed by atoms with Gasteiger partial charge in [0.25, 0.3) is 0 Å². The predicted molar refractivity (Wildman–Crippen MR) is 48.0 cm³/mol. The van der Waals surface area contributed by atoms with Crippen LogP contribution in [0.4, 0.5) is 0 Å². The van der Waals surface area contributed by atoms with Crippen LogP contribution < -0.4 is 5.14 Å². The Morgan fingerprint density at radius 2 is 2.27 bits per heavy atom. The van der Waals surface area contributed by atoms with Gasteiger partial charge in [0.2, 0.25) is 10.0 Å². The molecule has 1 rings (SSSR count). The monoisotopic (exact) mass is 195 g/mol. The Morgan fingerprint density at radius 1 is 1.55 bits per heavy atom. The highest BCUT2D eigenvalue weighted by Gasteiger charge is 2.18. The first kappa shape index (κ1) is 9.35. The topological polar surface area (TPSA) is 60.2 Å². The van der Waals surface area contributed by atoms with Crippen molar-refractivity contribution in [2.75, 3.05) is 17.3 Å². The second-order valence-corrected chi connectivity index (χ2v) is 5.72. The highest BCUT2D eigenvalue weighted by molar-refractivity contribution is 7.99. The van der Waals surface area contributed by atoms with Crippen LogP contribution in [0, 0.1) is 5.92 Å². The Morgan fingerprint density at radius 3 is 2.73 bits per heavy atom. The Bertz CT molecular complexity index is 207. The number of nitrogens with two attached hydrogens (primary N) is 1. The van der Waals surface area contributed by atoms with Crippen molar-refractivity contribution in [1.82, 2.24) is 0 Å². The van der Waals surface area contributed by atoms with Crippen molar-refractivity contribution < 1.29 is 8.42 Å². The lowest BCUT2D eigenvalue weighted by atomic mass is 10.1. The van der Waals surface area contributed by atoms with Crippen molar-refractivity contribution in [2.24, 2.45) is 11.1 Å². The fraction of sp³-hybridized carbons (Fsp3) is 1.00. The zero-order valence-corrected chi connectivity index (χ0v) is 7.96. The van der Waals surface area contributed by atoms with Gasteiger partial charge in [-0.1, -0.05) is 0 Å². The van der Waals surface area contributed by atoms with E-state index in [9.17, 15) is 8.42 Å². The molecular weight excluding hydrogens is 182 g/mol. The zero-order chi connectivity index (χ0) is 8.32. The summed E-state index contributed by atoms with van der Waals surface area (Å²) in [5.74, 6) is 2.58. The molecule has 0 spiro atoms. The molecule has 0 bridgehead atoms. The van der Waals surface area contributed by atoms with Crippen LogP contribution in [0.5, 0.6) is 0 Å². The van der Waals surface area contributed by atoms with Crippen molar-refractivity contribution in [3.05, 3.63) is 0 Å². The van der Waals surface area contributed by atoms with E-state index >= 15 is 0 Å². The molecule has 1 saturated heterocycles. The van der Waals surface area contributed by atoms with Gasteiger partial charge < -0.3 is 0 Å². The maximum atomic E-state index is 10.7. The number of sulfonamides is 1. The number of rotatable bonds is 2. The highest BCUT2D eigenvalue weighted by atomic mass is 32.2. The third kappa shape index (κ3) is 3.98. The molecule has 5 heteroatoms. The zero-order valence-electron chi connectivity index (χ0n) is 6.32. The number of hydrogen-bond donors (Lipinski definition) is 1. The Hall–Kier alpha value is 0.260. The summed E-state index contributed by atoms with van der Waals surface area (Å²) >= 11 is 1.82. The van der Waals surface area contributed by atoms with Gasteiger partial charge in [0.15, 0.2) is 0 Å². The highest BCUT2D eigenvalue weighted by Crippen LogP contribution is 2.22. The summed E-state index contributed by atoms with van der Waals surface area (Å²) in [4.78, 5) is 0. The molecule has 11 heavy (non-hydrogen) atoms. The van der Waals surface area contributed by atoms with Crippen molar-refractivity contribution >= 4 is 21.8 Å². The summed E-state index contributed by atoms with van der Waals surface area (Å²) in [6, 6.07) is 0. The lowest BCUT2D eigenvalue weighted by Gasteiger charge is -2.19. The van der Waals surface area contributed by atoms with Gasteiger partial charge in [0.1, 0.15) is 0 Å². The molecule has 0 aromatic heterocycles. The molecule has 1 aliphatic rings. The largest absolute Gasteiger partial charge is 0.229 e. The molecular formula is C6H13NO2S2. The van der Waals surface area contributed by atoms with Gasteiger partial charge in [-0.2, -0.15) is 11.8 Å². The van der Waals surface area contributed by atoms with E-state index in [4.69, 9.17) is 5.14 Å². The van der Waals surface area contributed by atoms with Gasteiger partial charge in [-0.05, 0) is 30.3 Å². The molecule has 0 aromatic rings. The van der Waals surface area contributed by atoms with Gasteiger partial charge >= 0.3 is 0 Å². The van der Waals surface area contributed by atoms with Crippen LogP contribution in [0.3, 0.4) is 0 Å². The fourth-order valence-electron chi connectivity index (χ4n) is 1.27. The van der Waals surface area contributed by atoms with Crippen molar-refractivity contribution in [3.8, 4) is 0 Å². The minimum Gasteiger partial charge on any atom is -0.229 e. The van der Waals surface area contributed by atoms with Gasteiger partial charge in [-0.3, -0.25) is 0 Å². The van der Waals surface area contributed by atoms with E-state index in [1.807, 2.05) is 11.8 Å². The third-order valence-electron chi connectivity index (χ3n) is 1.72. The number of primary sulfonamides is 1. The van der Waals surface area contributed by atoms with E-state index in [0.29, 0.717) is 5.92 Å². The summed E-state index contributed by atoms with van der Waals surface area (Å²) in [6.07, 6.45) is 2.15. The van der Waals surface area contributed by atoms with Crippen molar-refractivity contribution in [2.45, 2.75) is 12.8 Å². The van der Waals surface area contributed by atoms with Crippen molar-refractivity contribution in [1.29, 1.82) is 0 Å². The molecule has 0 radical (unpaired) electrons. The number of hydrogen-bond acceptors (Lipinski definition) is 3. The standard InChI is InChI=1S/C6H13NO2S2/c7-11(8,9)5-6-2-1-3-10-4-6/h6H,1-5H2,(H2,7,8,9). The van der Waals surface area contributed by atoms with Crippen LogP contribution in [-0.4, -0.2) is 25.7 Å². The lowest BCUT2D eigenvalue weighted by Crippen LogP contribution is -2.26. The maximum Gasteiger partial charge on any atom is 0.209 e. The summed E-state index contributed by atoms with van der Waals surface area (Å²) in [5.41, 5.74) is 0. The van der Waals surface area contributed by atoms with Crippen LogP contribution in [0.1, 0.15) is 12.8 Å². The van der Waals surface area contributed by atoms with Gasteiger partial charge in [-0.15, -0.1) is 0 Å². The molecule has 0 aromatic carbocycles. The average Bonchev–Trinajstić information content (AvgIpc) is 1.85. The first-order valence-corrected chi connectivity index (χ1v) is 6.53. The SMILES string of the molecule is NS(=O)(=O)CC1CCCSC1. The fourth-order valence-corrected chi connectivity index (χ4v) is 3.51. The minimum absolute atomic E-state index is 0.167. The summed E-state index contributed by atoms with van der Waals surface area (Å²) in [5, 5.41) is 4.93. The molecule has 1 fully saturated rings. The summed E-state index contributed by atoms with van der Waals surface area (Å²) in [7, 11) is -3.24. The molecule has 0 aliphatic carbocycles. The van der Waals surface area contributed by atoms with Crippen LogP contribution in [0.2, 0.25) is 0 Å². The maximum absolute atomic E-state index is 10.7. The van der Waals surface area contributed by atoms with Crippen LogP contribution in [0.25, 0.3) is 0 Å². The van der Waals surface area contributed by atoms with Crippen LogP contribution >= 0.6 is 11.8 Å². The average molecular weight is 195 g/mol. The Labute approximate surface area is 71.8 Å². The van der Waals surface area contributed by atoms with Crippen LogP contribution in [-0.2, 0) is 10.0 Å². The Kier molecular flexibility index (Phi) is 3.21.